The molecule has 0 unspecified atom stereocenters. The van der Waals surface area contributed by atoms with Crippen LogP contribution in [0.3, 0.4) is 0 Å². The number of allylic oxidation sites excluding steroid dienone is 1. The second-order valence-electron chi connectivity index (χ2n) is 3.10. The normalized spacial score (nSPS) is 34.2. The van der Waals surface area contributed by atoms with Crippen LogP contribution in [-0.2, 0) is 0 Å². The van der Waals surface area contributed by atoms with E-state index in [9.17, 15) is 0 Å². The van der Waals surface area contributed by atoms with Gasteiger partial charge in [-0.25, -0.2) is 0 Å². The van der Waals surface area contributed by atoms with Gasteiger partial charge < -0.3 is 5.11 Å². The molecule has 2 atom stereocenters. The summed E-state index contributed by atoms with van der Waals surface area (Å²) in [5, 5.41) is 9.06. The summed E-state index contributed by atoms with van der Waals surface area (Å²) in [6, 6.07) is 0. The largest absolute Gasteiger partial charge is 0.389 e. The third-order valence-electron chi connectivity index (χ3n) is 1.95. The SMILES string of the molecule is CC(C)[C@H]1C=C[C@H](O)C1. The van der Waals surface area contributed by atoms with Crippen molar-refractivity contribution in [3.8, 4) is 0 Å². The predicted octanol–water partition coefficient (Wildman–Crippen LogP) is 1.58. The lowest BCUT2D eigenvalue weighted by atomic mass is 9.95. The van der Waals surface area contributed by atoms with Crippen LogP contribution >= 0.6 is 0 Å². The Labute approximate surface area is 56.4 Å². The van der Waals surface area contributed by atoms with Gasteiger partial charge in [0.05, 0.1) is 6.10 Å². The second-order valence-corrected chi connectivity index (χ2v) is 3.10. The molecule has 0 bridgehead atoms. The monoisotopic (exact) mass is 126 g/mol. The van der Waals surface area contributed by atoms with E-state index in [4.69, 9.17) is 5.11 Å². The molecule has 1 rings (SSSR count). The highest BCUT2D eigenvalue weighted by molar-refractivity contribution is 5.03. The summed E-state index contributed by atoms with van der Waals surface area (Å²) in [5.41, 5.74) is 0. The molecule has 0 amide bonds. The number of hydrogen-bond acceptors (Lipinski definition) is 1. The molecule has 0 heterocycles. The zero-order valence-electron chi connectivity index (χ0n) is 6.04. The molecule has 1 aliphatic rings. The van der Waals surface area contributed by atoms with Crippen LogP contribution < -0.4 is 0 Å². The highest BCUT2D eigenvalue weighted by Crippen LogP contribution is 2.24. The summed E-state index contributed by atoms with van der Waals surface area (Å²) in [5.74, 6) is 1.29. The number of rotatable bonds is 1. The first kappa shape index (κ1) is 6.81. The second kappa shape index (κ2) is 2.53. The fourth-order valence-electron chi connectivity index (χ4n) is 1.20. The van der Waals surface area contributed by atoms with E-state index in [0.29, 0.717) is 11.8 Å². The van der Waals surface area contributed by atoms with Crippen LogP contribution in [0.4, 0.5) is 0 Å². The van der Waals surface area contributed by atoms with E-state index in [-0.39, 0.29) is 6.10 Å². The topological polar surface area (TPSA) is 20.2 Å². The van der Waals surface area contributed by atoms with Crippen LogP contribution in [0.5, 0.6) is 0 Å². The molecule has 0 radical (unpaired) electrons. The van der Waals surface area contributed by atoms with Gasteiger partial charge in [0.25, 0.3) is 0 Å². The maximum atomic E-state index is 9.06. The third kappa shape index (κ3) is 1.55. The quantitative estimate of drug-likeness (QED) is 0.529. The van der Waals surface area contributed by atoms with Gasteiger partial charge in [0.15, 0.2) is 0 Å². The predicted molar refractivity (Wildman–Crippen MR) is 38.1 cm³/mol. The minimum absolute atomic E-state index is 0.169. The van der Waals surface area contributed by atoms with E-state index < -0.39 is 0 Å². The molecule has 0 spiro atoms. The minimum atomic E-state index is -0.169. The van der Waals surface area contributed by atoms with Crippen molar-refractivity contribution in [2.75, 3.05) is 0 Å². The first-order valence-electron chi connectivity index (χ1n) is 3.56. The van der Waals surface area contributed by atoms with Gasteiger partial charge in [-0.15, -0.1) is 0 Å². The van der Waals surface area contributed by atoms with Crippen LogP contribution in [0.1, 0.15) is 20.3 Å². The number of aliphatic hydroxyl groups is 1. The smallest absolute Gasteiger partial charge is 0.0726 e. The highest BCUT2D eigenvalue weighted by Gasteiger charge is 2.18. The van der Waals surface area contributed by atoms with Crippen molar-refractivity contribution < 1.29 is 5.11 Å². The van der Waals surface area contributed by atoms with E-state index >= 15 is 0 Å². The summed E-state index contributed by atoms with van der Waals surface area (Å²) < 4.78 is 0. The van der Waals surface area contributed by atoms with Gasteiger partial charge in [0.2, 0.25) is 0 Å². The van der Waals surface area contributed by atoms with Crippen LogP contribution in [0.2, 0.25) is 0 Å². The van der Waals surface area contributed by atoms with E-state index in [0.717, 1.165) is 6.42 Å². The molecule has 0 saturated carbocycles. The Morgan fingerprint density at radius 1 is 1.44 bits per heavy atom. The van der Waals surface area contributed by atoms with Crippen LogP contribution in [0.25, 0.3) is 0 Å². The highest BCUT2D eigenvalue weighted by atomic mass is 16.3. The van der Waals surface area contributed by atoms with Gasteiger partial charge in [-0.1, -0.05) is 26.0 Å². The van der Waals surface area contributed by atoms with Crippen molar-refractivity contribution in [2.45, 2.75) is 26.4 Å². The van der Waals surface area contributed by atoms with Crippen LogP contribution in [0.15, 0.2) is 12.2 Å². The van der Waals surface area contributed by atoms with E-state index in [2.05, 4.69) is 19.9 Å². The lowest BCUT2D eigenvalue weighted by molar-refractivity contribution is 0.200. The molecule has 0 fully saturated rings. The molecule has 0 aromatic heterocycles. The zero-order valence-corrected chi connectivity index (χ0v) is 6.04. The molecule has 52 valence electrons. The van der Waals surface area contributed by atoms with Gasteiger partial charge in [-0.3, -0.25) is 0 Å². The van der Waals surface area contributed by atoms with Gasteiger partial charge in [-0.2, -0.15) is 0 Å². The Balaban J connectivity index is 2.41. The first-order valence-corrected chi connectivity index (χ1v) is 3.56. The van der Waals surface area contributed by atoms with Crippen molar-refractivity contribution in [3.63, 3.8) is 0 Å². The van der Waals surface area contributed by atoms with Gasteiger partial charge in [-0.05, 0) is 18.3 Å². The molecule has 1 aliphatic carbocycles. The average molecular weight is 126 g/mol. The van der Waals surface area contributed by atoms with E-state index in [1.165, 1.54) is 0 Å². The maximum absolute atomic E-state index is 9.06. The Morgan fingerprint density at radius 3 is 2.33 bits per heavy atom. The molecule has 0 aromatic carbocycles. The van der Waals surface area contributed by atoms with Crippen molar-refractivity contribution in [3.05, 3.63) is 12.2 Å². The van der Waals surface area contributed by atoms with Crippen molar-refractivity contribution in [2.24, 2.45) is 11.8 Å². The Kier molecular flexibility index (Phi) is 1.91. The Morgan fingerprint density at radius 2 is 2.11 bits per heavy atom. The van der Waals surface area contributed by atoms with Crippen LogP contribution in [0, 0.1) is 11.8 Å². The molecular weight excluding hydrogens is 112 g/mol. The Hall–Kier alpha value is -0.300. The molecule has 0 aliphatic heterocycles. The molecular formula is C8H14O. The van der Waals surface area contributed by atoms with Gasteiger partial charge >= 0.3 is 0 Å². The molecule has 0 aromatic rings. The van der Waals surface area contributed by atoms with Crippen molar-refractivity contribution in [1.29, 1.82) is 0 Å². The molecule has 9 heavy (non-hydrogen) atoms. The molecule has 1 N–H and O–H groups in total. The molecule has 0 saturated heterocycles. The summed E-state index contributed by atoms with van der Waals surface area (Å²) in [4.78, 5) is 0. The van der Waals surface area contributed by atoms with Crippen LogP contribution in [-0.4, -0.2) is 11.2 Å². The van der Waals surface area contributed by atoms with Crippen molar-refractivity contribution in [1.82, 2.24) is 0 Å². The summed E-state index contributed by atoms with van der Waals surface area (Å²) in [6.45, 7) is 4.38. The van der Waals surface area contributed by atoms with Gasteiger partial charge in [0, 0.05) is 0 Å². The fraction of sp³-hybridized carbons (Fsp3) is 0.750. The molecule has 1 heteroatoms. The summed E-state index contributed by atoms with van der Waals surface area (Å²) in [6.07, 6.45) is 4.77. The van der Waals surface area contributed by atoms with E-state index in [1.807, 2.05) is 6.08 Å². The lowest BCUT2D eigenvalue weighted by Gasteiger charge is -2.11. The third-order valence-corrected chi connectivity index (χ3v) is 1.95. The number of hydrogen-bond donors (Lipinski definition) is 1. The molecule has 1 nitrogen and oxygen atoms in total. The zero-order chi connectivity index (χ0) is 6.85. The minimum Gasteiger partial charge on any atom is -0.389 e. The fourth-order valence-corrected chi connectivity index (χ4v) is 1.20. The van der Waals surface area contributed by atoms with E-state index in [1.54, 1.807) is 0 Å². The average Bonchev–Trinajstić information content (AvgIpc) is 2.14. The summed E-state index contributed by atoms with van der Waals surface area (Å²) >= 11 is 0. The summed E-state index contributed by atoms with van der Waals surface area (Å²) in [7, 11) is 0. The van der Waals surface area contributed by atoms with Crippen molar-refractivity contribution >= 4 is 0 Å². The van der Waals surface area contributed by atoms with Gasteiger partial charge in [0.1, 0.15) is 0 Å². The number of aliphatic hydroxyl groups excluding tert-OH is 1. The lowest BCUT2D eigenvalue weighted by Crippen LogP contribution is -2.06. The first-order chi connectivity index (χ1) is 4.20. The Bertz CT molecular complexity index is 116. The standard InChI is InChI=1S/C8H14O/c1-6(2)7-3-4-8(9)5-7/h3-4,6-9H,5H2,1-2H3/t7-,8-/m0/s1. The maximum Gasteiger partial charge on any atom is 0.0726 e.